The molecule has 2 aromatic rings. The lowest BCUT2D eigenvalue weighted by Crippen LogP contribution is -1.98. The Bertz CT molecular complexity index is 513. The molecule has 1 aromatic carbocycles. The largest absolute Gasteiger partial charge is 0.478 e. The zero-order valence-corrected chi connectivity index (χ0v) is 8.52. The predicted molar refractivity (Wildman–Crippen MR) is 54.2 cm³/mol. The maximum absolute atomic E-state index is 10.8. The van der Waals surface area contributed by atoms with Gasteiger partial charge in [0.2, 0.25) is 0 Å². The molecule has 14 heavy (non-hydrogen) atoms. The van der Waals surface area contributed by atoms with Crippen LogP contribution in [0.2, 0.25) is 0 Å². The number of aromatic carboxylic acids is 1. The zero-order valence-electron chi connectivity index (χ0n) is 6.94. The minimum atomic E-state index is -0.982. The average Bonchev–Trinajstić information content (AvgIpc) is 2.18. The third-order valence-electron chi connectivity index (χ3n) is 1.81. The highest BCUT2D eigenvalue weighted by Gasteiger charge is 2.11. The molecule has 70 valence electrons. The Morgan fingerprint density at radius 1 is 1.29 bits per heavy atom. The van der Waals surface area contributed by atoms with Crippen molar-refractivity contribution in [2.75, 3.05) is 0 Å². The van der Waals surface area contributed by atoms with E-state index in [4.69, 9.17) is 5.11 Å². The molecule has 0 amide bonds. The Balaban J connectivity index is 2.81. The molecule has 5 heteroatoms. The van der Waals surface area contributed by atoms with Crippen LogP contribution in [-0.2, 0) is 0 Å². The van der Waals surface area contributed by atoms with Crippen LogP contribution in [0.4, 0.5) is 0 Å². The number of hydrogen-bond donors (Lipinski definition) is 1. The van der Waals surface area contributed by atoms with E-state index in [9.17, 15) is 4.79 Å². The van der Waals surface area contributed by atoms with Crippen LogP contribution in [0, 0.1) is 0 Å². The average molecular weight is 253 g/mol. The van der Waals surface area contributed by atoms with Gasteiger partial charge in [0.25, 0.3) is 0 Å². The highest BCUT2D eigenvalue weighted by Crippen LogP contribution is 2.24. The second-order valence-corrected chi connectivity index (χ2v) is 3.45. The van der Waals surface area contributed by atoms with Crippen LogP contribution in [0.3, 0.4) is 0 Å². The fourth-order valence-corrected chi connectivity index (χ4v) is 1.78. The van der Waals surface area contributed by atoms with Crippen molar-refractivity contribution in [2.45, 2.75) is 0 Å². The summed E-state index contributed by atoms with van der Waals surface area (Å²) in [5, 5.41) is 8.85. The first kappa shape index (κ1) is 9.08. The molecule has 0 fully saturated rings. The van der Waals surface area contributed by atoms with Gasteiger partial charge in [-0.2, -0.15) is 0 Å². The van der Waals surface area contributed by atoms with Gasteiger partial charge in [0, 0.05) is 12.4 Å². The van der Waals surface area contributed by atoms with E-state index in [2.05, 4.69) is 25.9 Å². The van der Waals surface area contributed by atoms with E-state index in [0.29, 0.717) is 15.5 Å². The number of nitrogens with zero attached hydrogens (tertiary/aromatic N) is 2. The number of hydrogen-bond acceptors (Lipinski definition) is 3. The molecule has 0 aliphatic carbocycles. The number of halogens is 1. The first-order chi connectivity index (χ1) is 6.70. The molecule has 0 radical (unpaired) electrons. The molecule has 1 N–H and O–H groups in total. The fraction of sp³-hybridized carbons (Fsp3) is 0. The summed E-state index contributed by atoms with van der Waals surface area (Å²) in [7, 11) is 0. The highest BCUT2D eigenvalue weighted by atomic mass is 79.9. The third-order valence-corrected chi connectivity index (χ3v) is 2.61. The maximum atomic E-state index is 10.8. The fourth-order valence-electron chi connectivity index (χ4n) is 1.17. The topological polar surface area (TPSA) is 63.1 Å². The monoisotopic (exact) mass is 252 g/mol. The molecular formula is C9H5BrN2O2. The number of carbonyl (C=O) groups is 1. The predicted octanol–water partition coefficient (Wildman–Crippen LogP) is 2.09. The molecule has 4 nitrogen and oxygen atoms in total. The molecule has 0 aliphatic heterocycles. The van der Waals surface area contributed by atoms with E-state index < -0.39 is 5.97 Å². The lowest BCUT2D eigenvalue weighted by atomic mass is 10.2. The Hall–Kier alpha value is -1.49. The van der Waals surface area contributed by atoms with Gasteiger partial charge in [-0.1, -0.05) is 0 Å². The lowest BCUT2D eigenvalue weighted by Gasteiger charge is -2.01. The van der Waals surface area contributed by atoms with Crippen LogP contribution < -0.4 is 0 Å². The summed E-state index contributed by atoms with van der Waals surface area (Å²) in [6.45, 7) is 0. The normalized spacial score (nSPS) is 10.4. The van der Waals surface area contributed by atoms with Gasteiger partial charge < -0.3 is 5.11 Å². The van der Waals surface area contributed by atoms with Gasteiger partial charge in [0.05, 0.1) is 15.6 Å². The van der Waals surface area contributed by atoms with Crippen molar-refractivity contribution in [3.63, 3.8) is 0 Å². The summed E-state index contributed by atoms with van der Waals surface area (Å²) in [6, 6.07) is 3.14. The van der Waals surface area contributed by atoms with Crippen molar-refractivity contribution in [2.24, 2.45) is 0 Å². The summed E-state index contributed by atoms with van der Waals surface area (Å²) < 4.78 is 0.468. The Kier molecular flexibility index (Phi) is 2.17. The molecule has 0 atom stereocenters. The van der Waals surface area contributed by atoms with E-state index in [1.54, 1.807) is 12.3 Å². The second-order valence-electron chi connectivity index (χ2n) is 2.66. The standard InChI is InChI=1S/C9H5BrN2O2/c10-7-5(9(13)14)1-2-6-8(7)12-4-3-11-6/h1-4H,(H,13,14). The number of rotatable bonds is 1. The van der Waals surface area contributed by atoms with Gasteiger partial charge >= 0.3 is 5.97 Å². The molecule has 0 unspecified atom stereocenters. The van der Waals surface area contributed by atoms with Crippen LogP contribution in [0.25, 0.3) is 11.0 Å². The van der Waals surface area contributed by atoms with Crippen molar-refractivity contribution in [3.05, 3.63) is 34.6 Å². The van der Waals surface area contributed by atoms with E-state index >= 15 is 0 Å². The van der Waals surface area contributed by atoms with Gasteiger partial charge in [-0.05, 0) is 28.1 Å². The van der Waals surface area contributed by atoms with E-state index in [0.717, 1.165) is 0 Å². The Labute approximate surface area is 87.7 Å². The maximum Gasteiger partial charge on any atom is 0.336 e. The van der Waals surface area contributed by atoms with Crippen LogP contribution >= 0.6 is 15.9 Å². The van der Waals surface area contributed by atoms with Crippen molar-refractivity contribution in [3.8, 4) is 0 Å². The first-order valence-corrected chi connectivity index (χ1v) is 4.62. The highest BCUT2D eigenvalue weighted by molar-refractivity contribution is 9.10. The summed E-state index contributed by atoms with van der Waals surface area (Å²) in [5.41, 5.74) is 1.43. The van der Waals surface area contributed by atoms with Gasteiger partial charge in [0.1, 0.15) is 5.52 Å². The molecule has 0 saturated heterocycles. The molecule has 2 rings (SSSR count). The van der Waals surface area contributed by atoms with Crippen molar-refractivity contribution >= 4 is 32.9 Å². The third kappa shape index (κ3) is 1.35. The SMILES string of the molecule is O=C(O)c1ccc2nccnc2c1Br. The van der Waals surface area contributed by atoms with E-state index in [-0.39, 0.29) is 5.56 Å². The first-order valence-electron chi connectivity index (χ1n) is 3.82. The summed E-state index contributed by atoms with van der Waals surface area (Å²) in [6.07, 6.45) is 3.09. The molecule has 0 aliphatic rings. The summed E-state index contributed by atoms with van der Waals surface area (Å²) in [5.74, 6) is -0.982. The van der Waals surface area contributed by atoms with Crippen molar-refractivity contribution < 1.29 is 9.90 Å². The summed E-state index contributed by atoms with van der Waals surface area (Å²) in [4.78, 5) is 18.9. The minimum Gasteiger partial charge on any atom is -0.478 e. The smallest absolute Gasteiger partial charge is 0.336 e. The molecule has 0 spiro atoms. The van der Waals surface area contributed by atoms with Gasteiger partial charge in [-0.3, -0.25) is 9.97 Å². The van der Waals surface area contributed by atoms with Gasteiger partial charge in [-0.15, -0.1) is 0 Å². The van der Waals surface area contributed by atoms with Crippen LogP contribution in [0.5, 0.6) is 0 Å². The number of benzene rings is 1. The summed E-state index contributed by atoms with van der Waals surface area (Å²) >= 11 is 3.20. The van der Waals surface area contributed by atoms with E-state index in [1.165, 1.54) is 12.3 Å². The van der Waals surface area contributed by atoms with Crippen LogP contribution in [0.15, 0.2) is 29.0 Å². The number of aromatic nitrogens is 2. The lowest BCUT2D eigenvalue weighted by molar-refractivity contribution is 0.0696. The number of carboxylic acids is 1. The Morgan fingerprint density at radius 2 is 2.00 bits per heavy atom. The van der Waals surface area contributed by atoms with Gasteiger partial charge in [0.15, 0.2) is 0 Å². The number of carboxylic acid groups (broad SMARTS) is 1. The van der Waals surface area contributed by atoms with Crippen molar-refractivity contribution in [1.29, 1.82) is 0 Å². The molecule has 0 bridgehead atoms. The molecular weight excluding hydrogens is 248 g/mol. The van der Waals surface area contributed by atoms with Gasteiger partial charge in [-0.25, -0.2) is 4.79 Å². The molecule has 0 saturated carbocycles. The number of fused-ring (bicyclic) bond motifs is 1. The van der Waals surface area contributed by atoms with Crippen molar-refractivity contribution in [1.82, 2.24) is 9.97 Å². The molecule has 1 heterocycles. The van der Waals surface area contributed by atoms with E-state index in [1.807, 2.05) is 0 Å². The van der Waals surface area contributed by atoms with Crippen LogP contribution in [-0.4, -0.2) is 21.0 Å². The molecule has 1 aromatic heterocycles. The van der Waals surface area contributed by atoms with Crippen LogP contribution in [0.1, 0.15) is 10.4 Å². The zero-order chi connectivity index (χ0) is 10.1. The quantitative estimate of drug-likeness (QED) is 0.845. The second kappa shape index (κ2) is 3.34. The Morgan fingerprint density at radius 3 is 2.71 bits per heavy atom. The minimum absolute atomic E-state index is 0.193.